The molecule has 2 aliphatic rings. The van der Waals surface area contributed by atoms with E-state index in [1.807, 2.05) is 0 Å². The number of aromatic nitrogens is 2. The highest BCUT2D eigenvalue weighted by Crippen LogP contribution is 2.27. The van der Waals surface area contributed by atoms with Gasteiger partial charge in [0.05, 0.1) is 17.8 Å². The third-order valence-electron chi connectivity index (χ3n) is 4.35. The van der Waals surface area contributed by atoms with Gasteiger partial charge in [0.2, 0.25) is 5.91 Å². The first-order chi connectivity index (χ1) is 10.9. The molecule has 1 atom stereocenters. The Hall–Kier alpha value is -1.16. The van der Waals surface area contributed by atoms with E-state index in [0.29, 0.717) is 26.2 Å². The summed E-state index contributed by atoms with van der Waals surface area (Å²) in [4.78, 5) is 13.8. The second-order valence-electron chi connectivity index (χ2n) is 5.84. The molecule has 10 heteroatoms. The number of rotatable bonds is 3. The summed E-state index contributed by atoms with van der Waals surface area (Å²) in [7, 11) is -2.17. The summed E-state index contributed by atoms with van der Waals surface area (Å²) in [5, 5.41) is 7.06. The van der Waals surface area contributed by atoms with Gasteiger partial charge in [-0.05, 0) is 12.8 Å². The standard InChI is InChI=1S/C13H20ClN5O3S/c1-17-13(11(14)7-16-17)23(21,22)18-5-2-3-10(9-18)19-6-4-15-8-12(19)20/h7,10,15H,2-6,8-9H2,1H3. The van der Waals surface area contributed by atoms with Crippen LogP contribution in [0.2, 0.25) is 5.02 Å². The molecule has 8 nitrogen and oxygen atoms in total. The molecular weight excluding hydrogens is 342 g/mol. The topological polar surface area (TPSA) is 87.5 Å². The summed E-state index contributed by atoms with van der Waals surface area (Å²) in [5.74, 6) is 0.0269. The lowest BCUT2D eigenvalue weighted by Crippen LogP contribution is -2.57. The average molecular weight is 362 g/mol. The van der Waals surface area contributed by atoms with Crippen molar-refractivity contribution in [3.63, 3.8) is 0 Å². The molecule has 3 rings (SSSR count). The molecule has 1 aromatic rings. The molecule has 1 N–H and O–H groups in total. The summed E-state index contributed by atoms with van der Waals surface area (Å²) < 4.78 is 28.4. The van der Waals surface area contributed by atoms with E-state index in [0.717, 1.165) is 19.4 Å². The maximum atomic E-state index is 12.9. The average Bonchev–Trinajstić information content (AvgIpc) is 2.87. The van der Waals surface area contributed by atoms with Gasteiger partial charge in [0.1, 0.15) is 0 Å². The number of carbonyl (C=O) groups is 1. The first-order valence-corrected chi connectivity index (χ1v) is 9.41. The molecule has 128 valence electrons. The smallest absolute Gasteiger partial charge is 0.261 e. The molecule has 0 aromatic carbocycles. The number of piperazine rings is 1. The number of hydrogen-bond donors (Lipinski definition) is 1. The van der Waals surface area contributed by atoms with E-state index in [9.17, 15) is 13.2 Å². The zero-order valence-electron chi connectivity index (χ0n) is 12.9. The van der Waals surface area contributed by atoms with Crippen LogP contribution in [-0.2, 0) is 21.9 Å². The van der Waals surface area contributed by atoms with E-state index in [1.54, 1.807) is 11.9 Å². The number of sulfonamides is 1. The van der Waals surface area contributed by atoms with Crippen LogP contribution in [0.3, 0.4) is 0 Å². The molecule has 0 aliphatic carbocycles. The molecule has 23 heavy (non-hydrogen) atoms. The molecule has 2 saturated heterocycles. The van der Waals surface area contributed by atoms with Gasteiger partial charge in [0, 0.05) is 39.3 Å². The van der Waals surface area contributed by atoms with Gasteiger partial charge in [0.15, 0.2) is 5.03 Å². The summed E-state index contributed by atoms with van der Waals surface area (Å²) >= 11 is 6.00. The fourth-order valence-corrected chi connectivity index (χ4v) is 5.33. The van der Waals surface area contributed by atoms with Crippen LogP contribution in [0, 0.1) is 0 Å². The maximum Gasteiger partial charge on any atom is 0.261 e. The van der Waals surface area contributed by atoms with Crippen molar-refractivity contribution in [3.8, 4) is 0 Å². The van der Waals surface area contributed by atoms with Crippen molar-refractivity contribution in [2.75, 3.05) is 32.7 Å². The van der Waals surface area contributed by atoms with Crippen molar-refractivity contribution in [1.82, 2.24) is 24.3 Å². The van der Waals surface area contributed by atoms with Crippen LogP contribution >= 0.6 is 11.6 Å². The van der Waals surface area contributed by atoms with Gasteiger partial charge < -0.3 is 10.2 Å². The quantitative estimate of drug-likeness (QED) is 0.795. The zero-order valence-corrected chi connectivity index (χ0v) is 14.5. The molecule has 0 bridgehead atoms. The lowest BCUT2D eigenvalue weighted by atomic mass is 10.1. The van der Waals surface area contributed by atoms with Crippen LogP contribution in [0.25, 0.3) is 0 Å². The van der Waals surface area contributed by atoms with E-state index in [1.165, 1.54) is 15.2 Å². The van der Waals surface area contributed by atoms with Gasteiger partial charge in [-0.2, -0.15) is 9.40 Å². The van der Waals surface area contributed by atoms with Crippen LogP contribution in [0.4, 0.5) is 0 Å². The summed E-state index contributed by atoms with van der Waals surface area (Å²) in [6.07, 6.45) is 2.86. The Morgan fingerprint density at radius 1 is 1.39 bits per heavy atom. The highest BCUT2D eigenvalue weighted by Gasteiger charge is 2.37. The largest absolute Gasteiger partial charge is 0.336 e. The van der Waals surface area contributed by atoms with Gasteiger partial charge in [-0.15, -0.1) is 0 Å². The minimum Gasteiger partial charge on any atom is -0.336 e. The minimum absolute atomic E-state index is 0.00598. The monoisotopic (exact) mass is 361 g/mol. The summed E-state index contributed by atoms with van der Waals surface area (Å²) in [5.41, 5.74) is 0. The molecule has 0 spiro atoms. The number of hydrogen-bond acceptors (Lipinski definition) is 5. The van der Waals surface area contributed by atoms with Crippen molar-refractivity contribution in [2.24, 2.45) is 7.05 Å². The highest BCUT2D eigenvalue weighted by atomic mass is 35.5. The van der Waals surface area contributed by atoms with Crippen molar-refractivity contribution >= 4 is 27.5 Å². The second kappa shape index (κ2) is 6.39. The van der Waals surface area contributed by atoms with Crippen molar-refractivity contribution in [1.29, 1.82) is 0 Å². The summed E-state index contributed by atoms with van der Waals surface area (Å²) in [6.45, 7) is 2.40. The van der Waals surface area contributed by atoms with E-state index in [4.69, 9.17) is 11.6 Å². The Morgan fingerprint density at radius 2 is 2.17 bits per heavy atom. The number of amides is 1. The molecule has 1 aromatic heterocycles. The fourth-order valence-electron chi connectivity index (χ4n) is 3.21. The molecule has 2 aliphatic heterocycles. The van der Waals surface area contributed by atoms with Gasteiger partial charge in [0.25, 0.3) is 10.0 Å². The Balaban J connectivity index is 1.82. The third kappa shape index (κ3) is 3.10. The van der Waals surface area contributed by atoms with Crippen LogP contribution < -0.4 is 5.32 Å². The molecule has 1 unspecified atom stereocenters. The normalized spacial score (nSPS) is 24.2. The molecule has 1 amide bonds. The molecular formula is C13H20ClN5O3S. The van der Waals surface area contributed by atoms with Gasteiger partial charge >= 0.3 is 0 Å². The third-order valence-corrected chi connectivity index (χ3v) is 6.73. The Kier molecular flexibility index (Phi) is 4.63. The SMILES string of the molecule is Cn1ncc(Cl)c1S(=O)(=O)N1CCCC(N2CCNCC2=O)C1. The van der Waals surface area contributed by atoms with Gasteiger partial charge in [-0.25, -0.2) is 8.42 Å². The first-order valence-electron chi connectivity index (χ1n) is 7.59. The zero-order chi connectivity index (χ0) is 16.6. The minimum atomic E-state index is -3.72. The van der Waals surface area contributed by atoms with Crippen LogP contribution in [0.1, 0.15) is 12.8 Å². The lowest BCUT2D eigenvalue weighted by molar-refractivity contribution is -0.135. The Morgan fingerprint density at radius 3 is 2.83 bits per heavy atom. The maximum absolute atomic E-state index is 12.9. The number of carbonyl (C=O) groups excluding carboxylic acids is 1. The van der Waals surface area contributed by atoms with E-state index in [2.05, 4.69) is 10.4 Å². The predicted octanol–water partition coefficient (Wildman–Crippen LogP) is -0.342. The van der Waals surface area contributed by atoms with E-state index >= 15 is 0 Å². The summed E-state index contributed by atoms with van der Waals surface area (Å²) in [6, 6.07) is -0.0832. The van der Waals surface area contributed by atoms with Crippen LogP contribution in [0.5, 0.6) is 0 Å². The fraction of sp³-hybridized carbons (Fsp3) is 0.692. The molecule has 3 heterocycles. The van der Waals surface area contributed by atoms with E-state index < -0.39 is 10.0 Å². The van der Waals surface area contributed by atoms with E-state index in [-0.39, 0.29) is 22.0 Å². The number of nitrogens with zero attached hydrogens (tertiary/aromatic N) is 4. The highest BCUT2D eigenvalue weighted by molar-refractivity contribution is 7.89. The van der Waals surface area contributed by atoms with Crippen molar-refractivity contribution in [3.05, 3.63) is 11.2 Å². The van der Waals surface area contributed by atoms with Gasteiger partial charge in [-0.3, -0.25) is 9.48 Å². The van der Waals surface area contributed by atoms with Crippen LogP contribution in [0.15, 0.2) is 11.2 Å². The Bertz CT molecular complexity index is 685. The lowest BCUT2D eigenvalue weighted by Gasteiger charge is -2.40. The van der Waals surface area contributed by atoms with Crippen molar-refractivity contribution < 1.29 is 13.2 Å². The van der Waals surface area contributed by atoms with Gasteiger partial charge in [-0.1, -0.05) is 11.6 Å². The number of aryl methyl sites for hydroxylation is 1. The number of nitrogens with one attached hydrogen (secondary N) is 1. The number of halogens is 1. The predicted molar refractivity (Wildman–Crippen MR) is 84.6 cm³/mol. The van der Waals surface area contributed by atoms with Crippen molar-refractivity contribution in [2.45, 2.75) is 23.9 Å². The Labute approximate surface area is 140 Å². The molecule has 0 radical (unpaired) electrons. The first kappa shape index (κ1) is 16.7. The molecule has 0 saturated carbocycles. The van der Waals surface area contributed by atoms with Crippen LogP contribution in [-0.4, -0.2) is 72.1 Å². The molecule has 2 fully saturated rings. The number of piperidine rings is 1. The second-order valence-corrected chi connectivity index (χ2v) is 8.10.